The molecular formula is C14H15ClFN3. The number of aryl methyl sites for hydroxylation is 1. The molecule has 0 radical (unpaired) electrons. The van der Waals surface area contributed by atoms with Crippen LogP contribution in [0, 0.1) is 5.82 Å². The van der Waals surface area contributed by atoms with E-state index < -0.39 is 0 Å². The molecule has 0 fully saturated rings. The summed E-state index contributed by atoms with van der Waals surface area (Å²) in [6, 6.07) is 8.25. The second-order valence-corrected chi connectivity index (χ2v) is 4.72. The van der Waals surface area contributed by atoms with Gasteiger partial charge in [0.1, 0.15) is 5.82 Å². The summed E-state index contributed by atoms with van der Waals surface area (Å²) in [5, 5.41) is 0.381. The van der Waals surface area contributed by atoms with Crippen LogP contribution in [0.2, 0.25) is 5.02 Å². The van der Waals surface area contributed by atoms with E-state index in [9.17, 15) is 4.39 Å². The van der Waals surface area contributed by atoms with Crippen molar-refractivity contribution in [3.05, 3.63) is 64.7 Å². The van der Waals surface area contributed by atoms with Crippen LogP contribution in [0.1, 0.15) is 23.6 Å². The van der Waals surface area contributed by atoms with Crippen LogP contribution in [-0.2, 0) is 6.42 Å². The highest BCUT2D eigenvalue weighted by molar-refractivity contribution is 6.30. The summed E-state index contributed by atoms with van der Waals surface area (Å²) < 4.78 is 13.8. The van der Waals surface area contributed by atoms with E-state index in [4.69, 9.17) is 17.4 Å². The number of pyridine rings is 1. The van der Waals surface area contributed by atoms with E-state index >= 15 is 0 Å². The standard InChI is InChI=1S/C14H15ClFN3/c15-11-2-3-12(13(16)9-11)14(19-17)4-1-10-5-7-18-8-6-10/h2-3,5-9,14,19H,1,4,17H2. The summed E-state index contributed by atoms with van der Waals surface area (Å²) in [5.74, 6) is 5.17. The van der Waals surface area contributed by atoms with Gasteiger partial charge in [0.15, 0.2) is 0 Å². The largest absolute Gasteiger partial charge is 0.271 e. The third kappa shape index (κ3) is 3.73. The van der Waals surface area contributed by atoms with E-state index in [2.05, 4.69) is 10.4 Å². The smallest absolute Gasteiger partial charge is 0.129 e. The molecule has 3 nitrogen and oxygen atoms in total. The lowest BCUT2D eigenvalue weighted by molar-refractivity contribution is 0.485. The maximum atomic E-state index is 13.8. The highest BCUT2D eigenvalue weighted by Gasteiger charge is 2.14. The molecule has 1 unspecified atom stereocenters. The molecular weight excluding hydrogens is 265 g/mol. The quantitative estimate of drug-likeness (QED) is 0.653. The van der Waals surface area contributed by atoms with E-state index in [-0.39, 0.29) is 11.9 Å². The zero-order valence-electron chi connectivity index (χ0n) is 10.3. The number of rotatable bonds is 5. The van der Waals surface area contributed by atoms with Crippen LogP contribution in [0.15, 0.2) is 42.7 Å². The Morgan fingerprint density at radius 1 is 1.26 bits per heavy atom. The van der Waals surface area contributed by atoms with Crippen molar-refractivity contribution in [2.24, 2.45) is 5.84 Å². The zero-order chi connectivity index (χ0) is 13.7. The number of nitrogens with one attached hydrogen (secondary N) is 1. The molecule has 0 saturated carbocycles. The summed E-state index contributed by atoms with van der Waals surface area (Å²) in [7, 11) is 0. The Morgan fingerprint density at radius 2 is 2.00 bits per heavy atom. The summed E-state index contributed by atoms with van der Waals surface area (Å²) in [6.07, 6.45) is 4.96. The molecule has 100 valence electrons. The van der Waals surface area contributed by atoms with Gasteiger partial charge >= 0.3 is 0 Å². The molecule has 0 aliphatic heterocycles. The third-order valence-electron chi connectivity index (χ3n) is 3.01. The van der Waals surface area contributed by atoms with Gasteiger partial charge in [0, 0.05) is 29.0 Å². The Kier molecular flexibility index (Phi) is 4.85. The zero-order valence-corrected chi connectivity index (χ0v) is 11.1. The number of benzene rings is 1. The first kappa shape index (κ1) is 13.9. The summed E-state index contributed by atoms with van der Waals surface area (Å²) in [4.78, 5) is 3.96. The number of halogens is 2. The molecule has 2 aromatic rings. The van der Waals surface area contributed by atoms with E-state index in [0.29, 0.717) is 17.0 Å². The van der Waals surface area contributed by atoms with E-state index in [1.807, 2.05) is 12.1 Å². The van der Waals surface area contributed by atoms with Crippen molar-refractivity contribution in [1.29, 1.82) is 0 Å². The first-order valence-corrected chi connectivity index (χ1v) is 6.38. The van der Waals surface area contributed by atoms with Gasteiger partial charge in [-0.05, 0) is 42.7 Å². The molecule has 2 rings (SSSR count). The molecule has 0 saturated heterocycles. The van der Waals surface area contributed by atoms with Crippen LogP contribution < -0.4 is 11.3 Å². The molecule has 0 aliphatic carbocycles. The molecule has 1 atom stereocenters. The molecule has 0 spiro atoms. The minimum atomic E-state index is -0.342. The van der Waals surface area contributed by atoms with Crippen molar-refractivity contribution >= 4 is 11.6 Å². The highest BCUT2D eigenvalue weighted by atomic mass is 35.5. The predicted octanol–water partition coefficient (Wildman–Crippen LogP) is 3.01. The fraction of sp³-hybridized carbons (Fsp3) is 0.214. The number of hydrogen-bond acceptors (Lipinski definition) is 3. The second kappa shape index (κ2) is 6.61. The summed E-state index contributed by atoms with van der Waals surface area (Å²) in [5.41, 5.74) is 4.32. The normalized spacial score (nSPS) is 12.4. The maximum Gasteiger partial charge on any atom is 0.129 e. The van der Waals surface area contributed by atoms with Crippen LogP contribution in [0.3, 0.4) is 0 Å². The Bertz CT molecular complexity index is 533. The van der Waals surface area contributed by atoms with Crippen LogP contribution in [0.5, 0.6) is 0 Å². The Hall–Kier alpha value is -1.49. The van der Waals surface area contributed by atoms with Gasteiger partial charge in [0.25, 0.3) is 0 Å². The van der Waals surface area contributed by atoms with Gasteiger partial charge in [0.05, 0.1) is 0 Å². The topological polar surface area (TPSA) is 50.9 Å². The average molecular weight is 280 g/mol. The van der Waals surface area contributed by atoms with Crippen molar-refractivity contribution < 1.29 is 4.39 Å². The van der Waals surface area contributed by atoms with Gasteiger partial charge < -0.3 is 0 Å². The maximum absolute atomic E-state index is 13.8. The second-order valence-electron chi connectivity index (χ2n) is 4.28. The molecule has 1 aromatic carbocycles. The van der Waals surface area contributed by atoms with Crippen molar-refractivity contribution in [2.75, 3.05) is 0 Å². The fourth-order valence-corrected chi connectivity index (χ4v) is 2.13. The summed E-state index contributed by atoms with van der Waals surface area (Å²) in [6.45, 7) is 0. The predicted molar refractivity (Wildman–Crippen MR) is 74.0 cm³/mol. The summed E-state index contributed by atoms with van der Waals surface area (Å²) >= 11 is 5.74. The van der Waals surface area contributed by atoms with E-state index in [1.165, 1.54) is 6.07 Å². The van der Waals surface area contributed by atoms with Gasteiger partial charge in [-0.25, -0.2) is 4.39 Å². The lowest BCUT2D eigenvalue weighted by atomic mass is 9.99. The van der Waals surface area contributed by atoms with Gasteiger partial charge in [-0.1, -0.05) is 17.7 Å². The highest BCUT2D eigenvalue weighted by Crippen LogP contribution is 2.23. The third-order valence-corrected chi connectivity index (χ3v) is 3.25. The Balaban J connectivity index is 2.08. The first-order chi connectivity index (χ1) is 9.20. The number of hydrogen-bond donors (Lipinski definition) is 2. The van der Waals surface area contributed by atoms with Crippen LogP contribution in [0.25, 0.3) is 0 Å². The minimum Gasteiger partial charge on any atom is -0.271 e. The van der Waals surface area contributed by atoms with Crippen molar-refractivity contribution in [3.8, 4) is 0 Å². The Labute approximate surface area is 116 Å². The average Bonchev–Trinajstić information content (AvgIpc) is 2.42. The number of nitrogens with zero attached hydrogens (tertiary/aromatic N) is 1. The fourth-order valence-electron chi connectivity index (χ4n) is 1.97. The monoisotopic (exact) mass is 279 g/mol. The van der Waals surface area contributed by atoms with Crippen molar-refractivity contribution in [2.45, 2.75) is 18.9 Å². The van der Waals surface area contributed by atoms with Crippen molar-refractivity contribution in [1.82, 2.24) is 10.4 Å². The molecule has 5 heteroatoms. The molecule has 0 aliphatic rings. The van der Waals surface area contributed by atoms with Gasteiger partial charge in [-0.15, -0.1) is 0 Å². The minimum absolute atomic E-state index is 0.245. The number of aromatic nitrogens is 1. The molecule has 19 heavy (non-hydrogen) atoms. The molecule has 1 aromatic heterocycles. The lowest BCUT2D eigenvalue weighted by Crippen LogP contribution is -2.29. The van der Waals surface area contributed by atoms with Crippen LogP contribution >= 0.6 is 11.6 Å². The first-order valence-electron chi connectivity index (χ1n) is 6.00. The van der Waals surface area contributed by atoms with Crippen molar-refractivity contribution in [3.63, 3.8) is 0 Å². The van der Waals surface area contributed by atoms with Crippen LogP contribution in [0.4, 0.5) is 4.39 Å². The lowest BCUT2D eigenvalue weighted by Gasteiger charge is -2.17. The Morgan fingerprint density at radius 3 is 2.63 bits per heavy atom. The number of nitrogens with two attached hydrogens (primary N) is 1. The molecule has 1 heterocycles. The van der Waals surface area contributed by atoms with E-state index in [0.717, 1.165) is 12.0 Å². The van der Waals surface area contributed by atoms with E-state index in [1.54, 1.807) is 24.5 Å². The molecule has 0 bridgehead atoms. The molecule has 3 N–H and O–H groups in total. The molecule has 0 amide bonds. The van der Waals surface area contributed by atoms with Gasteiger partial charge in [-0.3, -0.25) is 16.3 Å². The van der Waals surface area contributed by atoms with Gasteiger partial charge in [-0.2, -0.15) is 0 Å². The number of hydrazine groups is 1. The SMILES string of the molecule is NNC(CCc1ccncc1)c1ccc(Cl)cc1F. The van der Waals surface area contributed by atoms with Gasteiger partial charge in [0.2, 0.25) is 0 Å². The van der Waals surface area contributed by atoms with Crippen LogP contribution in [-0.4, -0.2) is 4.98 Å².